The van der Waals surface area contributed by atoms with Crippen molar-refractivity contribution in [1.29, 1.82) is 0 Å². The molecule has 152 valence electrons. The van der Waals surface area contributed by atoms with Crippen LogP contribution in [-0.2, 0) is 36.0 Å². The van der Waals surface area contributed by atoms with Gasteiger partial charge in [0, 0.05) is 38.4 Å². The first kappa shape index (κ1) is 19.0. The molecule has 4 amide bonds. The Labute approximate surface area is 165 Å². The third kappa shape index (κ3) is 3.18. The summed E-state index contributed by atoms with van der Waals surface area (Å²) >= 11 is 0. The third-order valence-corrected chi connectivity index (χ3v) is 6.45. The van der Waals surface area contributed by atoms with E-state index < -0.39 is 11.8 Å². The summed E-state index contributed by atoms with van der Waals surface area (Å²) in [4.78, 5) is 42.7. The molecule has 0 aromatic carbocycles. The summed E-state index contributed by atoms with van der Waals surface area (Å²) in [5.41, 5.74) is 3.47. The van der Waals surface area contributed by atoms with Crippen molar-refractivity contribution in [3.8, 4) is 0 Å². The number of carbonyl (C=O) groups is 3. The number of nitrogens with zero attached hydrogens (tertiary/aromatic N) is 5. The molecule has 0 spiro atoms. The van der Waals surface area contributed by atoms with E-state index in [0.717, 1.165) is 55.5 Å². The molecule has 0 N–H and O–H groups in total. The van der Waals surface area contributed by atoms with Gasteiger partial charge in [0.05, 0.1) is 12.2 Å². The fourth-order valence-electron chi connectivity index (χ4n) is 4.87. The molecule has 0 atom stereocenters. The van der Waals surface area contributed by atoms with Crippen molar-refractivity contribution < 1.29 is 14.4 Å². The number of hydrogen-bond acceptors (Lipinski definition) is 4. The van der Waals surface area contributed by atoms with E-state index in [1.54, 1.807) is 4.90 Å². The summed E-state index contributed by atoms with van der Waals surface area (Å²) in [6.07, 6.45) is 7.21. The second-order valence-electron chi connectivity index (χ2n) is 8.04. The number of amides is 4. The lowest BCUT2D eigenvalue weighted by Gasteiger charge is -2.37. The first-order chi connectivity index (χ1) is 13.5. The zero-order chi connectivity index (χ0) is 19.8. The Kier molecular flexibility index (Phi) is 5.12. The van der Waals surface area contributed by atoms with Crippen LogP contribution in [0.2, 0.25) is 0 Å². The van der Waals surface area contributed by atoms with Gasteiger partial charge < -0.3 is 9.80 Å². The topological polar surface area (TPSA) is 78.8 Å². The molecule has 0 unspecified atom stereocenters. The van der Waals surface area contributed by atoms with Gasteiger partial charge in [0.2, 0.25) is 0 Å². The van der Waals surface area contributed by atoms with Gasteiger partial charge in [-0.3, -0.25) is 19.2 Å². The Balaban J connectivity index is 1.58. The lowest BCUT2D eigenvalue weighted by Crippen LogP contribution is -2.59. The van der Waals surface area contributed by atoms with E-state index in [9.17, 15) is 14.4 Å². The highest BCUT2D eigenvalue weighted by Gasteiger charge is 2.40. The van der Waals surface area contributed by atoms with Crippen LogP contribution >= 0.6 is 0 Å². The molecule has 1 aromatic rings. The maximum atomic E-state index is 13.4. The molecule has 2 fully saturated rings. The van der Waals surface area contributed by atoms with E-state index in [1.165, 1.54) is 16.2 Å². The van der Waals surface area contributed by atoms with E-state index in [4.69, 9.17) is 0 Å². The van der Waals surface area contributed by atoms with Gasteiger partial charge in [0.15, 0.2) is 0 Å². The molecule has 0 bridgehead atoms. The van der Waals surface area contributed by atoms with Crippen LogP contribution < -0.4 is 0 Å². The number of aromatic nitrogens is 2. The lowest BCUT2D eigenvalue weighted by atomic mass is 10.1. The Morgan fingerprint density at radius 3 is 2.57 bits per heavy atom. The van der Waals surface area contributed by atoms with Crippen LogP contribution in [0.4, 0.5) is 4.79 Å². The van der Waals surface area contributed by atoms with Crippen molar-refractivity contribution in [2.45, 2.75) is 64.5 Å². The molecule has 3 aliphatic rings. The molecular formula is C20H29N5O3. The number of aryl methyl sites for hydroxylation is 1. The number of piperazine rings is 1. The average molecular weight is 387 g/mol. The van der Waals surface area contributed by atoms with Crippen LogP contribution in [-0.4, -0.2) is 68.0 Å². The van der Waals surface area contributed by atoms with Crippen LogP contribution in [0.15, 0.2) is 0 Å². The zero-order valence-electron chi connectivity index (χ0n) is 16.8. The quantitative estimate of drug-likeness (QED) is 0.733. The van der Waals surface area contributed by atoms with Crippen molar-refractivity contribution in [2.75, 3.05) is 19.6 Å². The molecule has 0 radical (unpaired) electrons. The molecule has 28 heavy (non-hydrogen) atoms. The lowest BCUT2D eigenvalue weighted by molar-refractivity contribution is -0.154. The van der Waals surface area contributed by atoms with Crippen LogP contribution in [0, 0.1) is 0 Å². The molecular weight excluding hydrogens is 358 g/mol. The first-order valence-corrected chi connectivity index (χ1v) is 10.5. The van der Waals surface area contributed by atoms with Crippen molar-refractivity contribution in [2.24, 2.45) is 7.05 Å². The summed E-state index contributed by atoms with van der Waals surface area (Å²) < 4.78 is 1.93. The zero-order valence-corrected chi connectivity index (χ0v) is 16.8. The SMILES string of the molecule is CCN1CCN(C(=O)N(Cc2nn(C)c3c2CCC3)C2CCCC2)C(=O)C1=O. The van der Waals surface area contributed by atoms with Crippen LogP contribution in [0.1, 0.15) is 56.0 Å². The molecule has 1 aliphatic heterocycles. The number of urea groups is 1. The van der Waals surface area contributed by atoms with Gasteiger partial charge in [-0.1, -0.05) is 12.8 Å². The highest BCUT2D eigenvalue weighted by atomic mass is 16.2. The maximum absolute atomic E-state index is 13.4. The maximum Gasteiger partial charge on any atom is 0.327 e. The number of fused-ring (bicyclic) bond motifs is 1. The first-order valence-electron chi connectivity index (χ1n) is 10.5. The monoisotopic (exact) mass is 387 g/mol. The van der Waals surface area contributed by atoms with Crippen LogP contribution in [0.3, 0.4) is 0 Å². The van der Waals surface area contributed by atoms with Crippen molar-refractivity contribution in [3.63, 3.8) is 0 Å². The van der Waals surface area contributed by atoms with Crippen molar-refractivity contribution in [1.82, 2.24) is 24.5 Å². The number of hydrogen-bond donors (Lipinski definition) is 0. The minimum atomic E-state index is -0.702. The minimum Gasteiger partial charge on any atom is -0.333 e. The molecule has 8 nitrogen and oxygen atoms in total. The summed E-state index contributed by atoms with van der Waals surface area (Å²) in [6.45, 7) is 3.42. The van der Waals surface area contributed by atoms with Gasteiger partial charge in [-0.2, -0.15) is 5.10 Å². The average Bonchev–Trinajstić information content (AvgIpc) is 3.42. The number of carbonyl (C=O) groups excluding carboxylic acids is 3. The van der Waals surface area contributed by atoms with E-state index in [0.29, 0.717) is 19.6 Å². The van der Waals surface area contributed by atoms with E-state index >= 15 is 0 Å². The van der Waals surface area contributed by atoms with E-state index in [-0.39, 0.29) is 18.6 Å². The van der Waals surface area contributed by atoms with Gasteiger partial charge in [-0.05, 0) is 44.6 Å². The number of likely N-dealkylation sites (N-methyl/N-ethyl adjacent to an activating group) is 1. The molecule has 1 aromatic heterocycles. The second-order valence-corrected chi connectivity index (χ2v) is 8.04. The standard InChI is InChI=1S/C20H29N5O3/c1-3-23-11-12-24(19(27)18(23)26)20(28)25(14-7-4-5-8-14)13-16-15-9-6-10-17(15)22(2)21-16/h14H,3-13H2,1-2H3. The normalized spacial score (nSPS) is 20.2. The van der Waals surface area contributed by atoms with E-state index in [2.05, 4.69) is 5.10 Å². The van der Waals surface area contributed by atoms with Crippen LogP contribution in [0.25, 0.3) is 0 Å². The highest BCUT2D eigenvalue weighted by molar-refractivity contribution is 6.38. The number of imide groups is 1. The van der Waals surface area contributed by atoms with Gasteiger partial charge in [-0.25, -0.2) is 4.79 Å². The third-order valence-electron chi connectivity index (χ3n) is 6.45. The number of rotatable bonds is 4. The summed E-state index contributed by atoms with van der Waals surface area (Å²) in [6, 6.07) is -0.225. The molecule has 1 saturated carbocycles. The highest BCUT2D eigenvalue weighted by Crippen LogP contribution is 2.30. The Bertz CT molecular complexity index is 796. The fraction of sp³-hybridized carbons (Fsp3) is 0.700. The molecule has 2 heterocycles. The van der Waals surface area contributed by atoms with Gasteiger partial charge in [0.1, 0.15) is 0 Å². The Morgan fingerprint density at radius 2 is 1.86 bits per heavy atom. The van der Waals surface area contributed by atoms with Gasteiger partial charge >= 0.3 is 17.8 Å². The Morgan fingerprint density at radius 1 is 1.11 bits per heavy atom. The summed E-state index contributed by atoms with van der Waals surface area (Å²) in [5, 5.41) is 4.67. The minimum absolute atomic E-state index is 0.110. The Hall–Kier alpha value is -2.38. The smallest absolute Gasteiger partial charge is 0.327 e. The predicted molar refractivity (Wildman–Crippen MR) is 102 cm³/mol. The molecule has 1 saturated heterocycles. The van der Waals surface area contributed by atoms with E-state index in [1.807, 2.05) is 18.7 Å². The van der Waals surface area contributed by atoms with Gasteiger partial charge in [0.25, 0.3) is 0 Å². The largest absolute Gasteiger partial charge is 0.333 e. The predicted octanol–water partition coefficient (Wildman–Crippen LogP) is 1.46. The van der Waals surface area contributed by atoms with Crippen molar-refractivity contribution in [3.05, 3.63) is 17.0 Å². The summed E-state index contributed by atoms with van der Waals surface area (Å²) in [5.74, 6) is -1.28. The van der Waals surface area contributed by atoms with Gasteiger partial charge in [-0.15, -0.1) is 0 Å². The molecule has 4 rings (SSSR count). The van der Waals surface area contributed by atoms with Crippen molar-refractivity contribution >= 4 is 17.8 Å². The molecule has 2 aliphatic carbocycles. The summed E-state index contributed by atoms with van der Waals surface area (Å²) in [7, 11) is 1.96. The molecule has 8 heteroatoms. The fourth-order valence-corrected chi connectivity index (χ4v) is 4.87. The second kappa shape index (κ2) is 7.56. The van der Waals surface area contributed by atoms with Crippen LogP contribution in [0.5, 0.6) is 0 Å².